The molecule has 0 spiro atoms. The van der Waals surface area contributed by atoms with E-state index in [1.165, 1.54) is 11.1 Å². The molecule has 2 N–H and O–H groups in total. The Morgan fingerprint density at radius 1 is 1.03 bits per heavy atom. The Hall–Kier alpha value is -3.57. The zero-order valence-corrected chi connectivity index (χ0v) is 19.4. The first-order valence-corrected chi connectivity index (χ1v) is 11.2. The van der Waals surface area contributed by atoms with Crippen molar-refractivity contribution in [2.75, 3.05) is 13.7 Å². The molecule has 0 radical (unpaired) electrons. The summed E-state index contributed by atoms with van der Waals surface area (Å²) >= 11 is 0. The number of nitrogens with zero attached hydrogens (tertiary/aromatic N) is 1. The molecule has 0 aliphatic heterocycles. The standard InChI is InChI=1S/C28H30N2O3/c1-19-8-13-24-25(17-29-15-14-22-7-5-4-6-20(22)2)27(28(31)32)30(26(24)16-19)18-21-9-11-23(33-3)12-10-21/h4-13,16,29H,14-15,17-18H2,1-3H3,(H,31,32). The molecule has 0 aliphatic rings. The summed E-state index contributed by atoms with van der Waals surface area (Å²) in [6.45, 7) is 5.91. The normalized spacial score (nSPS) is 11.1. The molecule has 0 bridgehead atoms. The van der Waals surface area contributed by atoms with Crippen LogP contribution in [0.15, 0.2) is 66.7 Å². The van der Waals surface area contributed by atoms with Gasteiger partial charge in [0.2, 0.25) is 0 Å². The number of hydrogen-bond acceptors (Lipinski definition) is 3. The number of carboxylic acid groups (broad SMARTS) is 1. The SMILES string of the molecule is COc1ccc(Cn2c(C(=O)O)c(CNCCc3ccccc3C)c3ccc(C)cc32)cc1. The zero-order chi connectivity index (χ0) is 23.4. The van der Waals surface area contributed by atoms with E-state index in [9.17, 15) is 9.90 Å². The minimum Gasteiger partial charge on any atom is -0.497 e. The number of nitrogens with one attached hydrogen (secondary N) is 1. The Kier molecular flexibility index (Phi) is 6.80. The Morgan fingerprint density at radius 2 is 1.79 bits per heavy atom. The zero-order valence-electron chi connectivity index (χ0n) is 19.4. The average molecular weight is 443 g/mol. The van der Waals surface area contributed by atoms with Crippen LogP contribution in [0.1, 0.15) is 38.3 Å². The van der Waals surface area contributed by atoms with Crippen molar-refractivity contribution < 1.29 is 14.6 Å². The fourth-order valence-electron chi connectivity index (χ4n) is 4.36. The van der Waals surface area contributed by atoms with Crippen molar-refractivity contribution in [2.45, 2.75) is 33.4 Å². The Bertz CT molecular complexity index is 1270. The number of ether oxygens (including phenoxy) is 1. The lowest BCUT2D eigenvalue weighted by Gasteiger charge is -2.11. The molecule has 0 saturated heterocycles. The molecule has 5 nitrogen and oxygen atoms in total. The number of benzene rings is 3. The maximum Gasteiger partial charge on any atom is 0.352 e. The van der Waals surface area contributed by atoms with Crippen molar-refractivity contribution in [3.8, 4) is 5.75 Å². The minimum atomic E-state index is -0.909. The van der Waals surface area contributed by atoms with Crippen LogP contribution >= 0.6 is 0 Å². The van der Waals surface area contributed by atoms with E-state index in [-0.39, 0.29) is 0 Å². The number of carboxylic acids is 1. The first-order valence-electron chi connectivity index (χ1n) is 11.2. The summed E-state index contributed by atoms with van der Waals surface area (Å²) in [7, 11) is 1.64. The molecule has 0 fully saturated rings. The number of carbonyl (C=O) groups is 1. The smallest absolute Gasteiger partial charge is 0.352 e. The van der Waals surface area contributed by atoms with Crippen LogP contribution in [0.5, 0.6) is 5.75 Å². The van der Waals surface area contributed by atoms with Gasteiger partial charge in [-0.2, -0.15) is 0 Å². The minimum absolute atomic E-state index is 0.342. The third-order valence-corrected chi connectivity index (χ3v) is 6.16. The molecular weight excluding hydrogens is 412 g/mol. The summed E-state index contributed by atoms with van der Waals surface area (Å²) in [5.74, 6) is -0.128. The molecule has 3 aromatic carbocycles. The maximum absolute atomic E-state index is 12.4. The predicted octanol–water partition coefficient (Wildman–Crippen LogP) is 5.35. The van der Waals surface area contributed by atoms with Gasteiger partial charge in [-0.05, 0) is 67.3 Å². The highest BCUT2D eigenvalue weighted by atomic mass is 16.5. The van der Waals surface area contributed by atoms with Crippen LogP contribution in [0.3, 0.4) is 0 Å². The molecule has 0 unspecified atom stereocenters. The molecule has 170 valence electrons. The molecule has 1 aromatic heterocycles. The van der Waals surface area contributed by atoms with Crippen LogP contribution in [0, 0.1) is 13.8 Å². The molecule has 33 heavy (non-hydrogen) atoms. The molecule has 4 aromatic rings. The van der Waals surface area contributed by atoms with Crippen LogP contribution in [0.2, 0.25) is 0 Å². The van der Waals surface area contributed by atoms with Gasteiger partial charge in [0, 0.05) is 29.6 Å². The molecule has 1 heterocycles. The Balaban J connectivity index is 1.64. The van der Waals surface area contributed by atoms with Gasteiger partial charge in [0.15, 0.2) is 0 Å². The largest absolute Gasteiger partial charge is 0.497 e. The quantitative estimate of drug-likeness (QED) is 0.343. The van der Waals surface area contributed by atoms with Gasteiger partial charge in [-0.3, -0.25) is 0 Å². The Labute approximate surface area is 194 Å². The molecule has 0 amide bonds. The lowest BCUT2D eigenvalue weighted by Crippen LogP contribution is -2.19. The first kappa shape index (κ1) is 22.6. The van der Waals surface area contributed by atoms with Gasteiger partial charge < -0.3 is 19.7 Å². The number of aryl methyl sites for hydroxylation is 2. The number of hydrogen-bond donors (Lipinski definition) is 2. The van der Waals surface area contributed by atoms with E-state index in [4.69, 9.17) is 4.74 Å². The van der Waals surface area contributed by atoms with Crippen LogP contribution in [0.4, 0.5) is 0 Å². The van der Waals surface area contributed by atoms with E-state index >= 15 is 0 Å². The number of fused-ring (bicyclic) bond motifs is 1. The topological polar surface area (TPSA) is 63.5 Å². The average Bonchev–Trinajstić information content (AvgIpc) is 3.11. The van der Waals surface area contributed by atoms with E-state index < -0.39 is 5.97 Å². The van der Waals surface area contributed by atoms with Crippen molar-refractivity contribution in [1.82, 2.24) is 9.88 Å². The maximum atomic E-state index is 12.4. The van der Waals surface area contributed by atoms with E-state index in [0.717, 1.165) is 46.3 Å². The van der Waals surface area contributed by atoms with Crippen molar-refractivity contribution in [2.24, 2.45) is 0 Å². The van der Waals surface area contributed by atoms with Gasteiger partial charge in [0.25, 0.3) is 0 Å². The highest BCUT2D eigenvalue weighted by Crippen LogP contribution is 2.29. The van der Waals surface area contributed by atoms with Crippen LogP contribution in [0.25, 0.3) is 10.9 Å². The van der Waals surface area contributed by atoms with E-state index in [0.29, 0.717) is 18.8 Å². The summed E-state index contributed by atoms with van der Waals surface area (Å²) < 4.78 is 7.18. The predicted molar refractivity (Wildman–Crippen MR) is 132 cm³/mol. The van der Waals surface area contributed by atoms with Gasteiger partial charge in [-0.15, -0.1) is 0 Å². The molecule has 5 heteroatoms. The van der Waals surface area contributed by atoms with Gasteiger partial charge in [-0.1, -0.05) is 48.5 Å². The number of aromatic carboxylic acids is 1. The second-order valence-corrected chi connectivity index (χ2v) is 8.44. The summed E-state index contributed by atoms with van der Waals surface area (Å²) in [4.78, 5) is 12.4. The fraction of sp³-hybridized carbons (Fsp3) is 0.250. The second kappa shape index (κ2) is 9.92. The van der Waals surface area contributed by atoms with Crippen LogP contribution in [-0.4, -0.2) is 29.3 Å². The lowest BCUT2D eigenvalue weighted by molar-refractivity contribution is 0.0684. The van der Waals surface area contributed by atoms with E-state index in [2.05, 4.69) is 36.5 Å². The summed E-state index contributed by atoms with van der Waals surface area (Å²) in [6.07, 6.45) is 0.901. The van der Waals surface area contributed by atoms with Crippen molar-refractivity contribution in [1.29, 1.82) is 0 Å². The third-order valence-electron chi connectivity index (χ3n) is 6.16. The first-order chi connectivity index (χ1) is 16.0. The van der Waals surface area contributed by atoms with Crippen molar-refractivity contribution in [3.63, 3.8) is 0 Å². The van der Waals surface area contributed by atoms with Crippen molar-refractivity contribution >= 4 is 16.9 Å². The second-order valence-electron chi connectivity index (χ2n) is 8.44. The molecule has 0 aliphatic carbocycles. The molecule has 0 atom stereocenters. The summed E-state index contributed by atoms with van der Waals surface area (Å²) in [5.41, 5.74) is 6.82. The summed E-state index contributed by atoms with van der Waals surface area (Å²) in [6, 6.07) is 22.3. The van der Waals surface area contributed by atoms with Gasteiger partial charge in [-0.25, -0.2) is 4.79 Å². The monoisotopic (exact) mass is 442 g/mol. The highest BCUT2D eigenvalue weighted by molar-refractivity contribution is 5.98. The molecule has 4 rings (SSSR count). The van der Waals surface area contributed by atoms with Gasteiger partial charge in [0.1, 0.15) is 11.4 Å². The van der Waals surface area contributed by atoms with Crippen LogP contribution < -0.4 is 10.1 Å². The van der Waals surface area contributed by atoms with E-state index in [1.54, 1.807) is 7.11 Å². The number of rotatable bonds is 9. The van der Waals surface area contributed by atoms with Gasteiger partial charge >= 0.3 is 5.97 Å². The Morgan fingerprint density at radius 3 is 2.48 bits per heavy atom. The lowest BCUT2D eigenvalue weighted by atomic mass is 10.1. The van der Waals surface area contributed by atoms with E-state index in [1.807, 2.05) is 54.0 Å². The highest BCUT2D eigenvalue weighted by Gasteiger charge is 2.22. The van der Waals surface area contributed by atoms with Crippen LogP contribution in [-0.2, 0) is 19.5 Å². The number of methoxy groups -OCH3 is 1. The van der Waals surface area contributed by atoms with Gasteiger partial charge in [0.05, 0.1) is 7.11 Å². The van der Waals surface area contributed by atoms with Crippen molar-refractivity contribution in [3.05, 3.63) is 100 Å². The fourth-order valence-corrected chi connectivity index (χ4v) is 4.36. The number of aromatic nitrogens is 1. The molecular formula is C28H30N2O3. The molecule has 0 saturated carbocycles. The summed E-state index contributed by atoms with van der Waals surface area (Å²) in [5, 5.41) is 14.6. The third kappa shape index (κ3) is 4.94.